The number of hydrogen-bond donors (Lipinski definition) is 2. The van der Waals surface area contributed by atoms with Crippen LogP contribution in [-0.2, 0) is 21.2 Å². The third kappa shape index (κ3) is 6.33. The van der Waals surface area contributed by atoms with Crippen molar-refractivity contribution in [3.8, 4) is 11.1 Å². The van der Waals surface area contributed by atoms with Gasteiger partial charge in [-0.2, -0.15) is 0 Å². The molecular weight excluding hydrogens is 463 g/mol. The lowest BCUT2D eigenvalue weighted by Crippen LogP contribution is -2.15. The first-order chi connectivity index (χ1) is 16.8. The molecule has 0 radical (unpaired) electrons. The molecule has 0 spiro atoms. The van der Waals surface area contributed by atoms with Gasteiger partial charge in [-0.25, -0.2) is 12.8 Å². The molecule has 0 aliphatic heterocycles. The van der Waals surface area contributed by atoms with Crippen molar-refractivity contribution in [3.63, 3.8) is 0 Å². The van der Waals surface area contributed by atoms with E-state index in [1.807, 2.05) is 30.3 Å². The number of carbonyl (C=O) groups excluding carboxylic acids is 1. The van der Waals surface area contributed by atoms with Crippen LogP contribution in [0.2, 0.25) is 0 Å². The fourth-order valence-electron chi connectivity index (χ4n) is 3.62. The minimum absolute atomic E-state index is 0.0797. The third-order valence-corrected chi connectivity index (χ3v) is 6.93. The van der Waals surface area contributed by atoms with E-state index in [4.69, 9.17) is 0 Å². The summed E-state index contributed by atoms with van der Waals surface area (Å²) < 4.78 is 42.1. The summed E-state index contributed by atoms with van der Waals surface area (Å²) in [6.45, 7) is 1.79. The van der Waals surface area contributed by atoms with Crippen LogP contribution < -0.4 is 10.0 Å². The first-order valence-corrected chi connectivity index (χ1v) is 12.6. The van der Waals surface area contributed by atoms with Gasteiger partial charge < -0.3 is 5.32 Å². The highest BCUT2D eigenvalue weighted by Gasteiger charge is 2.17. The Morgan fingerprint density at radius 1 is 0.829 bits per heavy atom. The van der Waals surface area contributed by atoms with Gasteiger partial charge in [-0.05, 0) is 72.0 Å². The Hall–Kier alpha value is -3.97. The van der Waals surface area contributed by atoms with Crippen LogP contribution in [0.5, 0.6) is 0 Å². The van der Waals surface area contributed by atoms with Gasteiger partial charge >= 0.3 is 0 Å². The zero-order valence-corrected chi connectivity index (χ0v) is 20.0. The summed E-state index contributed by atoms with van der Waals surface area (Å²) in [5, 5.41) is 2.84. The van der Waals surface area contributed by atoms with E-state index in [0.29, 0.717) is 40.9 Å². The zero-order chi connectivity index (χ0) is 24.8. The fourth-order valence-corrected chi connectivity index (χ4v) is 4.79. The second-order valence-corrected chi connectivity index (χ2v) is 9.89. The lowest BCUT2D eigenvalue weighted by molar-refractivity contribution is -0.116. The molecule has 4 aromatic carbocycles. The number of benzene rings is 4. The molecular formula is C28H25FN2O3S. The van der Waals surface area contributed by atoms with Crippen LogP contribution in [0.15, 0.2) is 102 Å². The predicted molar refractivity (Wildman–Crippen MR) is 137 cm³/mol. The van der Waals surface area contributed by atoms with Crippen LogP contribution in [0.3, 0.4) is 0 Å². The van der Waals surface area contributed by atoms with Gasteiger partial charge in [-0.1, -0.05) is 60.7 Å². The van der Waals surface area contributed by atoms with E-state index in [9.17, 15) is 17.6 Å². The van der Waals surface area contributed by atoms with Crippen molar-refractivity contribution >= 4 is 27.3 Å². The molecule has 35 heavy (non-hydrogen) atoms. The number of aryl methyl sites for hydroxylation is 2. The summed E-state index contributed by atoms with van der Waals surface area (Å²) in [6.07, 6.45) is 0.928. The number of halogens is 1. The average molecular weight is 489 g/mol. The van der Waals surface area contributed by atoms with E-state index in [0.717, 1.165) is 5.56 Å². The maximum atomic E-state index is 13.3. The van der Waals surface area contributed by atoms with E-state index in [1.54, 1.807) is 55.5 Å². The van der Waals surface area contributed by atoms with Crippen molar-refractivity contribution in [2.75, 3.05) is 10.0 Å². The molecule has 178 valence electrons. The van der Waals surface area contributed by atoms with Crippen LogP contribution in [0, 0.1) is 12.7 Å². The summed E-state index contributed by atoms with van der Waals surface area (Å²) >= 11 is 0. The maximum Gasteiger partial charge on any atom is 0.261 e. The summed E-state index contributed by atoms with van der Waals surface area (Å²) in [6, 6.07) is 27.1. The third-order valence-electron chi connectivity index (χ3n) is 5.57. The molecule has 7 heteroatoms. The maximum absolute atomic E-state index is 13.3. The molecule has 0 fully saturated rings. The fraction of sp³-hybridized carbons (Fsp3) is 0.107. The van der Waals surface area contributed by atoms with Gasteiger partial charge in [0.25, 0.3) is 10.0 Å². The van der Waals surface area contributed by atoms with E-state index in [-0.39, 0.29) is 16.6 Å². The van der Waals surface area contributed by atoms with Gasteiger partial charge in [0, 0.05) is 12.1 Å². The van der Waals surface area contributed by atoms with Gasteiger partial charge in [0.2, 0.25) is 5.91 Å². The van der Waals surface area contributed by atoms with Crippen LogP contribution in [0.25, 0.3) is 11.1 Å². The molecule has 0 aliphatic rings. The van der Waals surface area contributed by atoms with Crippen molar-refractivity contribution in [2.45, 2.75) is 24.7 Å². The monoisotopic (exact) mass is 488 g/mol. The highest BCUT2D eigenvalue weighted by molar-refractivity contribution is 7.92. The topological polar surface area (TPSA) is 75.3 Å². The molecule has 0 unspecified atom stereocenters. The number of amides is 1. The van der Waals surface area contributed by atoms with E-state index >= 15 is 0 Å². The highest BCUT2D eigenvalue weighted by atomic mass is 32.2. The number of carbonyl (C=O) groups is 1. The summed E-state index contributed by atoms with van der Waals surface area (Å²) in [4.78, 5) is 12.5. The molecule has 0 saturated heterocycles. The van der Waals surface area contributed by atoms with Crippen molar-refractivity contribution in [1.82, 2.24) is 0 Å². The number of sulfonamides is 1. The minimum atomic E-state index is -3.90. The molecule has 0 aliphatic carbocycles. The van der Waals surface area contributed by atoms with Gasteiger partial charge in [-0.3, -0.25) is 9.52 Å². The quantitative estimate of drug-likeness (QED) is 0.311. The lowest BCUT2D eigenvalue weighted by Gasteiger charge is -2.14. The Bertz CT molecular complexity index is 1440. The second kappa shape index (κ2) is 10.5. The van der Waals surface area contributed by atoms with Gasteiger partial charge in [0.05, 0.1) is 10.6 Å². The Labute approximate surface area is 204 Å². The Kier molecular flexibility index (Phi) is 7.27. The second-order valence-electron chi connectivity index (χ2n) is 8.20. The normalized spacial score (nSPS) is 11.1. The van der Waals surface area contributed by atoms with Gasteiger partial charge in [0.1, 0.15) is 5.82 Å². The molecule has 0 aromatic heterocycles. The Morgan fingerprint density at radius 3 is 2.31 bits per heavy atom. The number of nitrogens with one attached hydrogen (secondary N) is 2. The van der Waals surface area contributed by atoms with Crippen molar-refractivity contribution < 1.29 is 17.6 Å². The molecule has 0 heterocycles. The molecule has 1 amide bonds. The molecule has 2 N–H and O–H groups in total. The summed E-state index contributed by atoms with van der Waals surface area (Å²) in [7, 11) is -3.90. The summed E-state index contributed by atoms with van der Waals surface area (Å²) in [5.41, 5.74) is 4.03. The molecule has 0 bridgehead atoms. The Balaban J connectivity index is 1.48. The standard InChI is InChI=1S/C28H25FN2O3S/c1-20-10-16-25(30-28(32)17-11-21-6-3-2-4-7-21)19-27(20)31-35(33,34)26-9-5-8-23(18-26)22-12-14-24(29)15-13-22/h2-10,12-16,18-19,31H,11,17H2,1H3,(H,30,32). The van der Waals surface area contributed by atoms with E-state index in [1.165, 1.54) is 18.2 Å². The number of rotatable bonds is 8. The molecule has 0 saturated carbocycles. The average Bonchev–Trinajstić information content (AvgIpc) is 2.86. The molecule has 5 nitrogen and oxygen atoms in total. The molecule has 4 rings (SSSR count). The smallest absolute Gasteiger partial charge is 0.261 e. The number of hydrogen-bond acceptors (Lipinski definition) is 3. The first-order valence-electron chi connectivity index (χ1n) is 11.1. The van der Waals surface area contributed by atoms with Crippen LogP contribution in [0.4, 0.5) is 15.8 Å². The van der Waals surface area contributed by atoms with Crippen molar-refractivity contribution in [1.29, 1.82) is 0 Å². The lowest BCUT2D eigenvalue weighted by atomic mass is 10.1. The molecule has 4 aromatic rings. The zero-order valence-electron chi connectivity index (χ0n) is 19.2. The van der Waals surface area contributed by atoms with Crippen molar-refractivity contribution in [3.05, 3.63) is 114 Å². The highest BCUT2D eigenvalue weighted by Crippen LogP contribution is 2.27. The summed E-state index contributed by atoms with van der Waals surface area (Å²) in [5.74, 6) is -0.514. The predicted octanol–water partition coefficient (Wildman–Crippen LogP) is 6.17. The Morgan fingerprint density at radius 2 is 1.57 bits per heavy atom. The van der Waals surface area contributed by atoms with E-state index < -0.39 is 10.0 Å². The largest absolute Gasteiger partial charge is 0.326 e. The van der Waals surface area contributed by atoms with Crippen LogP contribution in [-0.4, -0.2) is 14.3 Å². The van der Waals surface area contributed by atoms with Crippen molar-refractivity contribution in [2.24, 2.45) is 0 Å². The number of anilines is 2. The van der Waals surface area contributed by atoms with Gasteiger partial charge in [-0.15, -0.1) is 0 Å². The first kappa shape index (κ1) is 24.2. The van der Waals surface area contributed by atoms with Crippen LogP contribution >= 0.6 is 0 Å². The van der Waals surface area contributed by atoms with Crippen LogP contribution in [0.1, 0.15) is 17.5 Å². The molecule has 0 atom stereocenters. The van der Waals surface area contributed by atoms with E-state index in [2.05, 4.69) is 10.0 Å². The minimum Gasteiger partial charge on any atom is -0.326 e. The van der Waals surface area contributed by atoms with Gasteiger partial charge in [0.15, 0.2) is 0 Å². The SMILES string of the molecule is Cc1ccc(NC(=O)CCc2ccccc2)cc1NS(=O)(=O)c1cccc(-c2ccc(F)cc2)c1.